The van der Waals surface area contributed by atoms with Crippen molar-refractivity contribution in [2.45, 2.75) is 19.0 Å². The van der Waals surface area contributed by atoms with Crippen molar-refractivity contribution in [1.82, 2.24) is 10.3 Å². The van der Waals surface area contributed by atoms with Crippen molar-refractivity contribution < 1.29 is 9.31 Å². The number of hydrogen-bond donors (Lipinski definition) is 1. The first kappa shape index (κ1) is 16.1. The normalized spacial score (nSPS) is 17.7. The molecule has 0 saturated carbocycles. The van der Waals surface area contributed by atoms with E-state index in [1.54, 1.807) is 6.07 Å². The molecule has 23 heavy (non-hydrogen) atoms. The van der Waals surface area contributed by atoms with E-state index >= 15 is 0 Å². The van der Waals surface area contributed by atoms with Gasteiger partial charge >= 0.3 is 5.00 Å². The summed E-state index contributed by atoms with van der Waals surface area (Å²) < 4.78 is 13.0. The Morgan fingerprint density at radius 1 is 1.57 bits per heavy atom. The molecule has 1 aromatic carbocycles. The van der Waals surface area contributed by atoms with Crippen LogP contribution in [0.4, 0.5) is 14.5 Å². The minimum absolute atomic E-state index is 0.0505. The van der Waals surface area contributed by atoms with Crippen molar-refractivity contribution in [1.29, 1.82) is 0 Å². The number of nitrogens with one attached hydrogen (secondary N) is 1. The van der Waals surface area contributed by atoms with E-state index < -0.39 is 4.92 Å². The van der Waals surface area contributed by atoms with Gasteiger partial charge < -0.3 is 10.2 Å². The molecule has 1 saturated heterocycles. The van der Waals surface area contributed by atoms with E-state index in [4.69, 9.17) is 11.6 Å². The molecule has 0 aliphatic carbocycles. The van der Waals surface area contributed by atoms with Crippen LogP contribution >= 0.6 is 22.9 Å². The molecule has 0 radical (unpaired) electrons. The number of anilines is 1. The molecule has 1 aliphatic rings. The highest BCUT2D eigenvalue weighted by atomic mass is 35.5. The highest BCUT2D eigenvalue weighted by molar-refractivity contribution is 7.18. The topological polar surface area (TPSA) is 71.3 Å². The molecular weight excluding hydrogens is 343 g/mol. The fraction of sp³-hybridized carbons (Fsp3) is 0.357. The summed E-state index contributed by atoms with van der Waals surface area (Å²) in [7, 11) is 0. The lowest BCUT2D eigenvalue weighted by Gasteiger charge is -2.16. The van der Waals surface area contributed by atoms with Crippen molar-refractivity contribution in [2.24, 2.45) is 0 Å². The standard InChI is InChI=1S/C14H14ClFN4O2S/c15-12-5-10(16)2-1-9(12)6-17-11-3-4-19(8-11)14-18-7-13(23-14)20(21)22/h1-2,5,7,11,17H,3-4,6,8H2. The lowest BCUT2D eigenvalue weighted by atomic mass is 10.2. The molecule has 1 aromatic heterocycles. The summed E-state index contributed by atoms with van der Waals surface area (Å²) in [6, 6.07) is 4.59. The van der Waals surface area contributed by atoms with Gasteiger partial charge in [-0.2, -0.15) is 0 Å². The summed E-state index contributed by atoms with van der Waals surface area (Å²) in [5.41, 5.74) is 0.844. The molecule has 2 heterocycles. The predicted molar refractivity (Wildman–Crippen MR) is 87.6 cm³/mol. The zero-order valence-corrected chi connectivity index (χ0v) is 13.6. The molecule has 6 nitrogen and oxygen atoms in total. The second kappa shape index (κ2) is 6.77. The molecule has 1 unspecified atom stereocenters. The highest BCUT2D eigenvalue weighted by Crippen LogP contribution is 2.30. The van der Waals surface area contributed by atoms with Gasteiger partial charge in [0, 0.05) is 30.7 Å². The number of hydrogen-bond acceptors (Lipinski definition) is 6. The summed E-state index contributed by atoms with van der Waals surface area (Å²) >= 11 is 7.09. The third kappa shape index (κ3) is 3.77. The van der Waals surface area contributed by atoms with Crippen molar-refractivity contribution in [2.75, 3.05) is 18.0 Å². The average molecular weight is 357 g/mol. The molecule has 9 heteroatoms. The SMILES string of the molecule is O=[N+]([O-])c1cnc(N2CCC(NCc3ccc(F)cc3Cl)C2)s1. The van der Waals surface area contributed by atoms with E-state index in [2.05, 4.69) is 10.3 Å². The van der Waals surface area contributed by atoms with Crippen molar-refractivity contribution in [3.05, 3.63) is 50.9 Å². The Bertz CT molecular complexity index is 727. The van der Waals surface area contributed by atoms with Crippen LogP contribution in [0.5, 0.6) is 0 Å². The van der Waals surface area contributed by atoms with Gasteiger partial charge in [-0.05, 0) is 35.5 Å². The van der Waals surface area contributed by atoms with E-state index in [9.17, 15) is 14.5 Å². The van der Waals surface area contributed by atoms with E-state index in [0.717, 1.165) is 36.4 Å². The Kier molecular flexibility index (Phi) is 4.74. The molecule has 1 fully saturated rings. The number of aromatic nitrogens is 1. The molecule has 1 aliphatic heterocycles. The third-order valence-electron chi connectivity index (χ3n) is 3.72. The summed E-state index contributed by atoms with van der Waals surface area (Å²) in [5, 5.41) is 15.2. The summed E-state index contributed by atoms with van der Waals surface area (Å²) in [4.78, 5) is 16.4. The first-order valence-electron chi connectivity index (χ1n) is 7.05. The lowest BCUT2D eigenvalue weighted by molar-refractivity contribution is -0.380. The van der Waals surface area contributed by atoms with E-state index in [1.807, 2.05) is 4.90 Å². The lowest BCUT2D eigenvalue weighted by Crippen LogP contribution is -2.32. The van der Waals surface area contributed by atoms with Crippen LogP contribution in [0.15, 0.2) is 24.4 Å². The Labute approximate surface area is 141 Å². The molecule has 122 valence electrons. The van der Waals surface area contributed by atoms with Gasteiger partial charge in [0.25, 0.3) is 0 Å². The van der Waals surface area contributed by atoms with Gasteiger partial charge in [-0.3, -0.25) is 10.1 Å². The number of rotatable bonds is 5. The largest absolute Gasteiger partial charge is 0.346 e. The Morgan fingerprint density at radius 2 is 2.39 bits per heavy atom. The molecule has 1 atom stereocenters. The second-order valence-electron chi connectivity index (χ2n) is 5.29. The first-order chi connectivity index (χ1) is 11.0. The molecule has 0 amide bonds. The number of nitro groups is 1. The van der Waals surface area contributed by atoms with Gasteiger partial charge in [0.1, 0.15) is 12.0 Å². The molecule has 2 aromatic rings. The second-order valence-corrected chi connectivity index (χ2v) is 6.68. The van der Waals surface area contributed by atoms with Gasteiger partial charge in [0.15, 0.2) is 5.13 Å². The van der Waals surface area contributed by atoms with Gasteiger partial charge in [-0.25, -0.2) is 9.37 Å². The van der Waals surface area contributed by atoms with E-state index in [0.29, 0.717) is 16.7 Å². The van der Waals surface area contributed by atoms with Crippen LogP contribution in [0.2, 0.25) is 5.02 Å². The maximum Gasteiger partial charge on any atom is 0.345 e. The smallest absolute Gasteiger partial charge is 0.345 e. The van der Waals surface area contributed by atoms with Crippen molar-refractivity contribution >= 4 is 33.1 Å². The number of benzene rings is 1. The van der Waals surface area contributed by atoms with Crippen LogP contribution in [-0.4, -0.2) is 29.0 Å². The minimum atomic E-state index is -0.427. The van der Waals surface area contributed by atoms with Gasteiger partial charge in [-0.1, -0.05) is 17.7 Å². The number of thiazole rings is 1. The van der Waals surface area contributed by atoms with Crippen molar-refractivity contribution in [3.8, 4) is 0 Å². The molecule has 1 N–H and O–H groups in total. The summed E-state index contributed by atoms with van der Waals surface area (Å²) in [6.45, 7) is 2.07. The molecule has 3 rings (SSSR count). The van der Waals surface area contributed by atoms with Gasteiger partial charge in [-0.15, -0.1) is 0 Å². The van der Waals surface area contributed by atoms with E-state index in [-0.39, 0.29) is 16.9 Å². The van der Waals surface area contributed by atoms with Crippen LogP contribution < -0.4 is 10.2 Å². The Morgan fingerprint density at radius 3 is 3.09 bits per heavy atom. The summed E-state index contributed by atoms with van der Waals surface area (Å²) in [5.74, 6) is -0.351. The fourth-order valence-electron chi connectivity index (χ4n) is 2.51. The van der Waals surface area contributed by atoms with Gasteiger partial charge in [0.05, 0.1) is 4.92 Å². The zero-order valence-electron chi connectivity index (χ0n) is 12.0. The maximum absolute atomic E-state index is 13.0. The molecular formula is C14H14ClFN4O2S. The Hall–Kier alpha value is -1.77. The first-order valence-corrected chi connectivity index (χ1v) is 8.25. The monoisotopic (exact) mass is 356 g/mol. The maximum atomic E-state index is 13.0. The van der Waals surface area contributed by atoms with Crippen LogP contribution in [0.25, 0.3) is 0 Å². The third-order valence-corrected chi connectivity index (χ3v) is 5.08. The predicted octanol–water partition coefficient (Wildman–Crippen LogP) is 3.21. The van der Waals surface area contributed by atoms with Crippen LogP contribution in [-0.2, 0) is 6.54 Å². The zero-order chi connectivity index (χ0) is 16.4. The van der Waals surface area contributed by atoms with Crippen LogP contribution in [0, 0.1) is 15.9 Å². The highest BCUT2D eigenvalue weighted by Gasteiger charge is 2.26. The fourth-order valence-corrected chi connectivity index (χ4v) is 3.51. The van der Waals surface area contributed by atoms with E-state index in [1.165, 1.54) is 18.3 Å². The molecule has 0 spiro atoms. The minimum Gasteiger partial charge on any atom is -0.346 e. The Balaban J connectivity index is 1.56. The quantitative estimate of drug-likeness (QED) is 0.658. The van der Waals surface area contributed by atoms with Gasteiger partial charge in [0.2, 0.25) is 0 Å². The number of nitrogens with zero attached hydrogens (tertiary/aromatic N) is 3. The summed E-state index contributed by atoms with van der Waals surface area (Å²) in [6.07, 6.45) is 2.20. The molecule has 0 bridgehead atoms. The average Bonchev–Trinajstić information content (AvgIpc) is 3.15. The van der Waals surface area contributed by atoms with Crippen molar-refractivity contribution in [3.63, 3.8) is 0 Å². The number of halogens is 2. The van der Waals surface area contributed by atoms with Crippen LogP contribution in [0.1, 0.15) is 12.0 Å². The van der Waals surface area contributed by atoms with Crippen LogP contribution in [0.3, 0.4) is 0 Å².